The number of alkyl halides is 3. The Morgan fingerprint density at radius 2 is 1.68 bits per heavy atom. The van der Waals surface area contributed by atoms with Gasteiger partial charge in [-0.2, -0.15) is 0 Å². The SMILES string of the molecule is Cc1nc(OC(F)(F)F)ccc1N1CC2(CCC(c3cc(F)cc(F)c3)(N(C)C)CC2)NC1=O. The highest BCUT2D eigenvalue weighted by Crippen LogP contribution is 2.47. The zero-order valence-electron chi connectivity index (χ0n) is 19.0. The Balaban J connectivity index is 1.54. The zero-order valence-corrected chi connectivity index (χ0v) is 19.0. The molecule has 4 rings (SSSR count). The first kappa shape index (κ1) is 24.2. The Hall–Kier alpha value is -2.95. The number of ether oxygens (including phenoxy) is 1. The van der Waals surface area contributed by atoms with Crippen LogP contribution in [0.2, 0.25) is 0 Å². The number of hydrogen-bond donors (Lipinski definition) is 1. The van der Waals surface area contributed by atoms with E-state index in [0.717, 1.165) is 12.1 Å². The van der Waals surface area contributed by atoms with Crippen LogP contribution in [0.25, 0.3) is 0 Å². The van der Waals surface area contributed by atoms with Crippen LogP contribution in [0.4, 0.5) is 32.4 Å². The molecule has 2 fully saturated rings. The summed E-state index contributed by atoms with van der Waals surface area (Å²) in [5.74, 6) is -1.88. The molecule has 1 aliphatic heterocycles. The van der Waals surface area contributed by atoms with Gasteiger partial charge in [-0.3, -0.25) is 9.80 Å². The Kier molecular flexibility index (Phi) is 5.95. The minimum atomic E-state index is -4.86. The normalized spacial score (nSPS) is 25.2. The summed E-state index contributed by atoms with van der Waals surface area (Å²) in [5.41, 5.74) is -0.00862. The number of carbonyl (C=O) groups excluding carboxylic acids is 1. The maximum absolute atomic E-state index is 14.0. The third-order valence-electron chi connectivity index (χ3n) is 6.91. The second-order valence-electron chi connectivity index (χ2n) is 9.18. The Labute approximate surface area is 193 Å². The molecule has 0 atom stereocenters. The van der Waals surface area contributed by atoms with Crippen molar-refractivity contribution in [2.24, 2.45) is 0 Å². The van der Waals surface area contributed by atoms with Crippen molar-refractivity contribution in [2.45, 2.75) is 50.0 Å². The average molecular weight is 484 g/mol. The van der Waals surface area contributed by atoms with Gasteiger partial charge in [-0.15, -0.1) is 13.2 Å². The highest BCUT2D eigenvalue weighted by atomic mass is 19.4. The number of hydrogen-bond acceptors (Lipinski definition) is 4. The van der Waals surface area contributed by atoms with Crippen LogP contribution < -0.4 is 15.0 Å². The number of halogens is 5. The largest absolute Gasteiger partial charge is 0.574 e. The van der Waals surface area contributed by atoms with Crippen LogP contribution in [0.5, 0.6) is 5.88 Å². The Bertz CT molecular complexity index is 1080. The minimum Gasteiger partial charge on any atom is -0.388 e. The summed E-state index contributed by atoms with van der Waals surface area (Å²) in [4.78, 5) is 20.1. The maximum Gasteiger partial charge on any atom is 0.574 e. The lowest BCUT2D eigenvalue weighted by molar-refractivity contribution is -0.276. The van der Waals surface area contributed by atoms with Gasteiger partial charge in [0.2, 0.25) is 5.88 Å². The molecule has 1 spiro atoms. The summed E-state index contributed by atoms with van der Waals surface area (Å²) in [6, 6.07) is 5.62. The van der Waals surface area contributed by atoms with Gasteiger partial charge in [0.25, 0.3) is 0 Å². The standard InChI is InChI=1S/C23H25F5N4O2/c1-14-18(4-5-19(29-14)34-23(26,27)28)32-13-21(30-20(32)33)6-8-22(9-7-21,31(2)3)15-10-16(24)12-17(25)11-15/h4-5,10-12H,6-9,13H2,1-3H3,(H,30,33). The van der Waals surface area contributed by atoms with E-state index in [-0.39, 0.29) is 11.7 Å². The molecule has 6 nitrogen and oxygen atoms in total. The Morgan fingerprint density at radius 3 is 2.21 bits per heavy atom. The van der Waals surface area contributed by atoms with E-state index < -0.39 is 35.0 Å². The van der Waals surface area contributed by atoms with E-state index in [2.05, 4.69) is 15.0 Å². The number of nitrogens with zero attached hydrogens (tertiary/aromatic N) is 3. The van der Waals surface area contributed by atoms with E-state index in [1.165, 1.54) is 30.0 Å². The van der Waals surface area contributed by atoms with Gasteiger partial charge in [-0.25, -0.2) is 18.6 Å². The van der Waals surface area contributed by atoms with Crippen molar-refractivity contribution in [1.29, 1.82) is 0 Å². The molecule has 0 radical (unpaired) electrons. The first-order valence-corrected chi connectivity index (χ1v) is 10.8. The molecule has 34 heavy (non-hydrogen) atoms. The van der Waals surface area contributed by atoms with E-state index >= 15 is 0 Å². The van der Waals surface area contributed by atoms with Gasteiger partial charge in [-0.1, -0.05) is 0 Å². The smallest absolute Gasteiger partial charge is 0.388 e. The van der Waals surface area contributed by atoms with Crippen molar-refractivity contribution in [3.05, 3.63) is 53.2 Å². The van der Waals surface area contributed by atoms with Crippen LogP contribution in [-0.2, 0) is 5.54 Å². The van der Waals surface area contributed by atoms with Crippen LogP contribution in [0.15, 0.2) is 30.3 Å². The molecule has 2 aliphatic rings. The van der Waals surface area contributed by atoms with Crippen LogP contribution in [0.3, 0.4) is 0 Å². The van der Waals surface area contributed by atoms with Gasteiger partial charge in [0, 0.05) is 17.7 Å². The van der Waals surface area contributed by atoms with Gasteiger partial charge in [-0.05, 0) is 70.5 Å². The van der Waals surface area contributed by atoms with E-state index in [1.54, 1.807) is 0 Å². The van der Waals surface area contributed by atoms with Gasteiger partial charge >= 0.3 is 12.4 Å². The van der Waals surface area contributed by atoms with E-state index in [4.69, 9.17) is 0 Å². The lowest BCUT2D eigenvalue weighted by atomic mass is 9.69. The number of nitrogens with one attached hydrogen (secondary N) is 1. The van der Waals surface area contributed by atoms with E-state index in [1.807, 2.05) is 19.0 Å². The second kappa shape index (κ2) is 8.37. The maximum atomic E-state index is 14.0. The van der Waals surface area contributed by atoms with Gasteiger partial charge in [0.15, 0.2) is 0 Å². The number of urea groups is 1. The van der Waals surface area contributed by atoms with Crippen molar-refractivity contribution >= 4 is 11.7 Å². The Morgan fingerprint density at radius 1 is 1.06 bits per heavy atom. The van der Waals surface area contributed by atoms with Crippen molar-refractivity contribution in [1.82, 2.24) is 15.2 Å². The predicted molar refractivity (Wildman–Crippen MR) is 114 cm³/mol. The molecule has 1 aromatic carbocycles. The fraction of sp³-hybridized carbons (Fsp3) is 0.478. The molecule has 2 amide bonds. The summed E-state index contributed by atoms with van der Waals surface area (Å²) < 4.78 is 69.2. The average Bonchev–Trinajstić information content (AvgIpc) is 3.02. The van der Waals surface area contributed by atoms with E-state index in [0.29, 0.717) is 43.5 Å². The number of aryl methyl sites for hydroxylation is 1. The van der Waals surface area contributed by atoms with Crippen LogP contribution in [-0.4, -0.2) is 48.5 Å². The highest BCUT2D eigenvalue weighted by molar-refractivity contribution is 5.95. The molecule has 0 bridgehead atoms. The minimum absolute atomic E-state index is 0.225. The number of amides is 2. The third-order valence-corrected chi connectivity index (χ3v) is 6.91. The molecule has 2 aromatic rings. The number of benzene rings is 1. The fourth-order valence-electron chi connectivity index (χ4n) is 5.14. The summed E-state index contributed by atoms with van der Waals surface area (Å²) in [6.45, 7) is 1.81. The molecule has 11 heteroatoms. The molecular weight excluding hydrogens is 459 g/mol. The lowest BCUT2D eigenvalue weighted by Gasteiger charge is -2.48. The topological polar surface area (TPSA) is 57.7 Å². The summed E-state index contributed by atoms with van der Waals surface area (Å²) in [6.07, 6.45) is -2.67. The highest BCUT2D eigenvalue weighted by Gasteiger charge is 2.50. The molecule has 1 aromatic heterocycles. The predicted octanol–water partition coefficient (Wildman–Crippen LogP) is 4.87. The number of pyridine rings is 1. The first-order valence-electron chi connectivity index (χ1n) is 10.8. The number of carbonyl (C=O) groups is 1. The van der Waals surface area contributed by atoms with Crippen molar-refractivity contribution < 1.29 is 31.5 Å². The first-order chi connectivity index (χ1) is 15.8. The molecule has 1 saturated heterocycles. The van der Waals surface area contributed by atoms with E-state index in [9.17, 15) is 26.7 Å². The number of aromatic nitrogens is 1. The van der Waals surface area contributed by atoms with Gasteiger partial charge in [0.1, 0.15) is 11.6 Å². The fourth-order valence-corrected chi connectivity index (χ4v) is 5.14. The van der Waals surface area contributed by atoms with Crippen LogP contribution in [0, 0.1) is 18.6 Å². The molecule has 1 N–H and O–H groups in total. The molecule has 2 heterocycles. The monoisotopic (exact) mass is 484 g/mol. The van der Waals surface area contributed by atoms with Gasteiger partial charge < -0.3 is 10.1 Å². The molecule has 1 saturated carbocycles. The van der Waals surface area contributed by atoms with Gasteiger partial charge in [0.05, 0.1) is 23.5 Å². The summed E-state index contributed by atoms with van der Waals surface area (Å²) >= 11 is 0. The molecule has 184 valence electrons. The summed E-state index contributed by atoms with van der Waals surface area (Å²) in [7, 11) is 3.72. The number of anilines is 1. The molecule has 1 aliphatic carbocycles. The van der Waals surface area contributed by atoms with Crippen LogP contribution >= 0.6 is 0 Å². The zero-order chi connectivity index (χ0) is 24.9. The quantitative estimate of drug-likeness (QED) is 0.630. The number of rotatable bonds is 4. The second-order valence-corrected chi connectivity index (χ2v) is 9.18. The van der Waals surface area contributed by atoms with Crippen LogP contribution in [0.1, 0.15) is 36.9 Å². The molecule has 0 unspecified atom stereocenters. The summed E-state index contributed by atoms with van der Waals surface area (Å²) in [5, 5.41) is 3.03. The van der Waals surface area contributed by atoms with Crippen molar-refractivity contribution in [3.63, 3.8) is 0 Å². The molecular formula is C23H25F5N4O2. The third kappa shape index (κ3) is 4.53. The lowest BCUT2D eigenvalue weighted by Crippen LogP contribution is -2.54. The van der Waals surface area contributed by atoms with Crippen molar-refractivity contribution in [2.75, 3.05) is 25.5 Å². The van der Waals surface area contributed by atoms with Crippen molar-refractivity contribution in [3.8, 4) is 5.88 Å².